The third kappa shape index (κ3) is 5.39. The van der Waals surface area contributed by atoms with Crippen LogP contribution >= 0.6 is 0 Å². The third-order valence-electron chi connectivity index (χ3n) is 10.8. The molecule has 4 heteroatoms. The van der Waals surface area contributed by atoms with Gasteiger partial charge in [0.25, 0.3) is 0 Å². The van der Waals surface area contributed by atoms with Gasteiger partial charge >= 0.3 is 0 Å². The van der Waals surface area contributed by atoms with E-state index in [0.29, 0.717) is 5.82 Å². The Morgan fingerprint density at radius 3 is 1.39 bits per heavy atom. The van der Waals surface area contributed by atoms with Crippen LogP contribution in [0.1, 0.15) is 0 Å². The fraction of sp³-hybridized carbons (Fsp3) is 0. The highest BCUT2D eigenvalue weighted by Gasteiger charge is 2.20. The van der Waals surface area contributed by atoms with Crippen molar-refractivity contribution < 1.29 is 4.42 Å². The smallest absolute Gasteiger partial charge is 0.161 e. The number of nitrogens with zero attached hydrogens (tertiary/aromatic N) is 3. The van der Waals surface area contributed by atoms with Crippen LogP contribution in [-0.4, -0.2) is 14.5 Å². The lowest BCUT2D eigenvalue weighted by Gasteiger charge is -2.11. The molecule has 0 aliphatic heterocycles. The molecule has 11 aromatic rings. The van der Waals surface area contributed by atoms with Crippen LogP contribution in [0.4, 0.5) is 0 Å². The Hall–Kier alpha value is -7.56. The number of hydrogen-bond donors (Lipinski definition) is 0. The first kappa shape index (κ1) is 31.9. The molecule has 0 bridgehead atoms. The maximum atomic E-state index is 6.72. The third-order valence-corrected chi connectivity index (χ3v) is 10.8. The van der Waals surface area contributed by atoms with E-state index in [4.69, 9.17) is 14.4 Å². The number of aromatic nitrogens is 3. The lowest BCUT2D eigenvalue weighted by Crippen LogP contribution is -1.96. The summed E-state index contributed by atoms with van der Waals surface area (Å²) in [5.74, 6) is 0.659. The van der Waals surface area contributed by atoms with Crippen molar-refractivity contribution in [3.63, 3.8) is 0 Å². The normalized spacial score (nSPS) is 11.6. The van der Waals surface area contributed by atoms with E-state index in [2.05, 4.69) is 156 Å². The Morgan fingerprint density at radius 1 is 0.357 bits per heavy atom. The molecule has 0 spiro atoms. The highest BCUT2D eigenvalue weighted by Crippen LogP contribution is 2.41. The van der Waals surface area contributed by atoms with Gasteiger partial charge in [-0.15, -0.1) is 0 Å². The highest BCUT2D eigenvalue weighted by molar-refractivity contribution is 6.14. The van der Waals surface area contributed by atoms with E-state index in [9.17, 15) is 0 Å². The summed E-state index contributed by atoms with van der Waals surface area (Å²) in [6.45, 7) is 0. The van der Waals surface area contributed by atoms with Crippen molar-refractivity contribution in [3.8, 4) is 61.8 Å². The second-order valence-electron chi connectivity index (χ2n) is 14.2. The van der Waals surface area contributed by atoms with Crippen molar-refractivity contribution in [2.75, 3.05) is 0 Å². The van der Waals surface area contributed by atoms with Gasteiger partial charge in [-0.25, -0.2) is 9.97 Å². The summed E-state index contributed by atoms with van der Waals surface area (Å²) in [6, 6.07) is 70.2. The Bertz CT molecular complexity index is 3070. The van der Waals surface area contributed by atoms with Gasteiger partial charge in [-0.1, -0.05) is 158 Å². The van der Waals surface area contributed by atoms with Crippen LogP contribution in [0.2, 0.25) is 0 Å². The zero-order chi connectivity index (χ0) is 37.0. The van der Waals surface area contributed by atoms with Gasteiger partial charge in [0.2, 0.25) is 0 Å². The predicted molar refractivity (Wildman–Crippen MR) is 231 cm³/mol. The van der Waals surface area contributed by atoms with Crippen molar-refractivity contribution in [3.05, 3.63) is 200 Å². The molecule has 0 N–H and O–H groups in total. The van der Waals surface area contributed by atoms with Gasteiger partial charge in [-0.05, 0) is 58.7 Å². The molecule has 3 aromatic heterocycles. The number of furan rings is 1. The van der Waals surface area contributed by atoms with Crippen LogP contribution in [0.5, 0.6) is 0 Å². The van der Waals surface area contributed by atoms with Gasteiger partial charge in [0, 0.05) is 50.0 Å². The molecule has 262 valence electrons. The van der Waals surface area contributed by atoms with E-state index >= 15 is 0 Å². The van der Waals surface area contributed by atoms with Gasteiger partial charge in [0.15, 0.2) is 5.82 Å². The number of fused-ring (bicyclic) bond motifs is 6. The Kier molecular flexibility index (Phi) is 7.46. The molecule has 11 rings (SSSR count). The van der Waals surface area contributed by atoms with Crippen LogP contribution < -0.4 is 0 Å². The summed E-state index contributed by atoms with van der Waals surface area (Å²) < 4.78 is 9.11. The van der Waals surface area contributed by atoms with E-state index in [-0.39, 0.29) is 0 Å². The predicted octanol–water partition coefficient (Wildman–Crippen LogP) is 13.8. The molecule has 4 nitrogen and oxygen atoms in total. The molecule has 56 heavy (non-hydrogen) atoms. The van der Waals surface area contributed by atoms with Gasteiger partial charge in [-0.3, -0.25) is 0 Å². The largest absolute Gasteiger partial charge is 0.456 e. The van der Waals surface area contributed by atoms with Crippen molar-refractivity contribution >= 4 is 43.7 Å². The molecule has 3 heterocycles. The maximum absolute atomic E-state index is 6.72. The molecule has 8 aromatic carbocycles. The van der Waals surface area contributed by atoms with Crippen molar-refractivity contribution in [1.82, 2.24) is 14.5 Å². The molecule has 0 amide bonds. The Morgan fingerprint density at radius 2 is 0.857 bits per heavy atom. The first-order valence-corrected chi connectivity index (χ1v) is 18.9. The van der Waals surface area contributed by atoms with Crippen LogP contribution in [0.15, 0.2) is 205 Å². The zero-order valence-corrected chi connectivity index (χ0v) is 30.3. The summed E-state index contributed by atoms with van der Waals surface area (Å²) >= 11 is 0. The van der Waals surface area contributed by atoms with E-state index in [1.54, 1.807) is 0 Å². The fourth-order valence-corrected chi connectivity index (χ4v) is 8.14. The van der Waals surface area contributed by atoms with Crippen molar-refractivity contribution in [2.45, 2.75) is 0 Å². The van der Waals surface area contributed by atoms with E-state index in [1.165, 1.54) is 33.0 Å². The molecule has 0 atom stereocenters. The molecule has 0 saturated carbocycles. The van der Waals surface area contributed by atoms with Gasteiger partial charge in [0.1, 0.15) is 11.2 Å². The summed E-state index contributed by atoms with van der Waals surface area (Å²) in [5.41, 5.74) is 14.4. The summed E-state index contributed by atoms with van der Waals surface area (Å²) in [4.78, 5) is 10.3. The average molecular weight is 716 g/mol. The lowest BCUT2D eigenvalue weighted by molar-refractivity contribution is 0.668. The van der Waals surface area contributed by atoms with Gasteiger partial charge in [0.05, 0.1) is 22.4 Å². The molecule has 0 unspecified atom stereocenters. The highest BCUT2D eigenvalue weighted by atomic mass is 16.3. The number of rotatable bonds is 6. The fourth-order valence-electron chi connectivity index (χ4n) is 8.14. The standard InChI is InChI=1S/C52H33N3O/c1-5-14-34(15-6-1)38-24-27-41-42-28-25-39(35-16-7-2-8-17-35)31-48(42)55(47(41)30-38)40-26-29-43-50(32-40)56-49-23-13-22-44(51(43)49)52-53-45(36-18-9-3-10-19-36)33-46(54-52)37-20-11-4-12-21-37/h1-33H. The summed E-state index contributed by atoms with van der Waals surface area (Å²) in [7, 11) is 0. The van der Waals surface area contributed by atoms with Crippen LogP contribution in [0, 0.1) is 0 Å². The van der Waals surface area contributed by atoms with E-state index in [0.717, 1.165) is 66.7 Å². The SMILES string of the molecule is c1ccc(-c2ccc3c4ccc(-c5ccccc5)cc4n(-c4ccc5c(c4)oc4cccc(-c6nc(-c7ccccc7)cc(-c7ccccc7)n6)c45)c3c2)cc1. The Labute approximate surface area is 323 Å². The second-order valence-corrected chi connectivity index (χ2v) is 14.2. The van der Waals surface area contributed by atoms with Gasteiger partial charge in [-0.2, -0.15) is 0 Å². The molecular weight excluding hydrogens is 683 g/mol. The molecule has 0 aliphatic rings. The van der Waals surface area contributed by atoms with Crippen LogP contribution in [0.3, 0.4) is 0 Å². The zero-order valence-electron chi connectivity index (χ0n) is 30.3. The summed E-state index contributed by atoms with van der Waals surface area (Å²) in [5, 5.41) is 4.43. The Balaban J connectivity index is 1.12. The summed E-state index contributed by atoms with van der Waals surface area (Å²) in [6.07, 6.45) is 0. The minimum absolute atomic E-state index is 0.659. The minimum atomic E-state index is 0.659. The topological polar surface area (TPSA) is 43.9 Å². The van der Waals surface area contributed by atoms with Crippen LogP contribution in [0.25, 0.3) is 106 Å². The van der Waals surface area contributed by atoms with Crippen molar-refractivity contribution in [2.24, 2.45) is 0 Å². The molecule has 0 fully saturated rings. The lowest BCUT2D eigenvalue weighted by atomic mass is 10.0. The second kappa shape index (κ2) is 13.1. The van der Waals surface area contributed by atoms with Crippen LogP contribution in [-0.2, 0) is 0 Å². The molecule has 0 saturated heterocycles. The minimum Gasteiger partial charge on any atom is -0.456 e. The molecule has 0 radical (unpaired) electrons. The number of hydrogen-bond acceptors (Lipinski definition) is 3. The average Bonchev–Trinajstić information content (AvgIpc) is 3.82. The van der Waals surface area contributed by atoms with Crippen molar-refractivity contribution in [1.29, 1.82) is 0 Å². The first-order valence-electron chi connectivity index (χ1n) is 18.9. The van der Waals surface area contributed by atoms with E-state index < -0.39 is 0 Å². The monoisotopic (exact) mass is 715 g/mol. The quantitative estimate of drug-likeness (QED) is 0.172. The van der Waals surface area contributed by atoms with E-state index in [1.807, 2.05) is 48.5 Å². The first-order chi connectivity index (χ1) is 27.7. The molecule has 0 aliphatic carbocycles. The maximum Gasteiger partial charge on any atom is 0.161 e. The van der Waals surface area contributed by atoms with Gasteiger partial charge < -0.3 is 8.98 Å². The number of benzene rings is 8. The molecular formula is C52H33N3O.